The predicted octanol–water partition coefficient (Wildman–Crippen LogP) is 2.78. The number of ether oxygens (including phenoxy) is 1. The van der Waals surface area contributed by atoms with Crippen molar-refractivity contribution in [3.05, 3.63) is 54.2 Å². The Hall–Kier alpha value is -2.54. The van der Waals surface area contributed by atoms with Gasteiger partial charge in [0.15, 0.2) is 0 Å². The van der Waals surface area contributed by atoms with E-state index in [1.165, 1.54) is 0 Å². The monoisotopic (exact) mass is 373 g/mol. The molecule has 0 bridgehead atoms. The first-order valence-corrected chi connectivity index (χ1v) is 9.18. The summed E-state index contributed by atoms with van der Waals surface area (Å²) in [5, 5.41) is 1.90. The van der Waals surface area contributed by atoms with Crippen LogP contribution in [0.4, 0.5) is 10.6 Å². The Morgan fingerprint density at radius 2 is 2.08 bits per heavy atom. The molecular formula is C19H23N3O3S. The molecule has 0 aliphatic carbocycles. The minimum absolute atomic E-state index is 0.209. The van der Waals surface area contributed by atoms with E-state index in [4.69, 9.17) is 4.74 Å². The van der Waals surface area contributed by atoms with Crippen LogP contribution in [0.15, 0.2) is 48.7 Å². The number of likely N-dealkylation sites (N-methyl/N-ethyl adjacent to an activating group) is 1. The van der Waals surface area contributed by atoms with Gasteiger partial charge >= 0.3 is 0 Å². The van der Waals surface area contributed by atoms with Crippen molar-refractivity contribution in [2.45, 2.75) is 11.7 Å². The SMILES string of the molecule is CNC(=O)SC(C=O)Cc1ccc(OCCN(C)c2ccccn2)cc1. The fourth-order valence-corrected chi connectivity index (χ4v) is 2.99. The summed E-state index contributed by atoms with van der Waals surface area (Å²) >= 11 is 0.998. The van der Waals surface area contributed by atoms with Crippen LogP contribution in [0.5, 0.6) is 5.75 Å². The number of carbonyl (C=O) groups excluding carboxylic acids is 2. The quantitative estimate of drug-likeness (QED) is 0.682. The largest absolute Gasteiger partial charge is 0.492 e. The molecule has 0 fully saturated rings. The molecule has 6 nitrogen and oxygen atoms in total. The number of benzene rings is 1. The molecule has 0 spiro atoms. The van der Waals surface area contributed by atoms with Crippen LogP contribution in [0.1, 0.15) is 5.56 Å². The van der Waals surface area contributed by atoms with Gasteiger partial charge in [0.05, 0.1) is 11.8 Å². The highest BCUT2D eigenvalue weighted by atomic mass is 32.2. The highest BCUT2D eigenvalue weighted by Gasteiger charge is 2.13. The molecule has 0 aliphatic heterocycles. The number of aldehydes is 1. The summed E-state index contributed by atoms with van der Waals surface area (Å²) in [5.74, 6) is 1.67. The minimum Gasteiger partial charge on any atom is -0.492 e. The molecule has 1 unspecified atom stereocenters. The van der Waals surface area contributed by atoms with E-state index < -0.39 is 5.25 Å². The number of anilines is 1. The van der Waals surface area contributed by atoms with Crippen molar-refractivity contribution in [1.29, 1.82) is 0 Å². The van der Waals surface area contributed by atoms with E-state index in [2.05, 4.69) is 10.3 Å². The Bertz CT molecular complexity index is 695. The van der Waals surface area contributed by atoms with Crippen LogP contribution in [0, 0.1) is 0 Å². The van der Waals surface area contributed by atoms with E-state index in [0.717, 1.165) is 41.7 Å². The molecule has 1 amide bonds. The van der Waals surface area contributed by atoms with Crippen molar-refractivity contribution >= 4 is 29.1 Å². The van der Waals surface area contributed by atoms with Gasteiger partial charge in [0, 0.05) is 20.3 Å². The van der Waals surface area contributed by atoms with E-state index in [9.17, 15) is 9.59 Å². The van der Waals surface area contributed by atoms with Crippen LogP contribution >= 0.6 is 11.8 Å². The standard InChI is InChI=1S/C19H23N3O3S/c1-20-19(24)26-17(14-23)13-15-6-8-16(9-7-15)25-12-11-22(2)18-5-3-4-10-21-18/h3-10,14,17H,11-13H2,1-2H3,(H,20,24). The zero-order valence-corrected chi connectivity index (χ0v) is 15.7. The molecule has 0 aliphatic rings. The maximum absolute atomic E-state index is 11.4. The summed E-state index contributed by atoms with van der Waals surface area (Å²) in [5.41, 5.74) is 0.983. The lowest BCUT2D eigenvalue weighted by Gasteiger charge is -2.18. The van der Waals surface area contributed by atoms with Crippen LogP contribution in [0.25, 0.3) is 0 Å². The molecule has 2 aromatic rings. The van der Waals surface area contributed by atoms with Crippen LogP contribution in [0.2, 0.25) is 0 Å². The van der Waals surface area contributed by atoms with Crippen LogP contribution < -0.4 is 15.0 Å². The molecule has 1 aromatic carbocycles. The van der Waals surface area contributed by atoms with E-state index in [1.54, 1.807) is 13.2 Å². The molecule has 0 saturated carbocycles. The van der Waals surface area contributed by atoms with Crippen molar-refractivity contribution in [2.24, 2.45) is 0 Å². The highest BCUT2D eigenvalue weighted by Crippen LogP contribution is 2.18. The van der Waals surface area contributed by atoms with Gasteiger partial charge in [-0.25, -0.2) is 4.98 Å². The summed E-state index contributed by atoms with van der Waals surface area (Å²) in [4.78, 5) is 28.8. The summed E-state index contributed by atoms with van der Waals surface area (Å²) < 4.78 is 5.76. The second kappa shape index (κ2) is 10.5. The number of rotatable bonds is 9. The van der Waals surface area contributed by atoms with Crippen molar-refractivity contribution in [1.82, 2.24) is 10.3 Å². The first-order valence-electron chi connectivity index (χ1n) is 8.30. The fourth-order valence-electron chi connectivity index (χ4n) is 2.26. The molecule has 0 radical (unpaired) electrons. The average molecular weight is 373 g/mol. The average Bonchev–Trinajstić information content (AvgIpc) is 2.69. The lowest BCUT2D eigenvalue weighted by Crippen LogP contribution is -2.24. The molecular weight excluding hydrogens is 350 g/mol. The number of nitrogens with one attached hydrogen (secondary N) is 1. The molecule has 138 valence electrons. The Morgan fingerprint density at radius 1 is 1.31 bits per heavy atom. The Morgan fingerprint density at radius 3 is 2.69 bits per heavy atom. The zero-order valence-electron chi connectivity index (χ0n) is 14.9. The molecule has 26 heavy (non-hydrogen) atoms. The number of nitrogens with zero attached hydrogens (tertiary/aromatic N) is 2. The minimum atomic E-state index is -0.395. The molecule has 7 heteroatoms. The van der Waals surface area contributed by atoms with Crippen molar-refractivity contribution < 1.29 is 14.3 Å². The number of carbonyl (C=O) groups is 2. The number of hydrogen-bond acceptors (Lipinski definition) is 6. The zero-order chi connectivity index (χ0) is 18.8. The molecule has 1 N–H and O–H groups in total. The van der Waals surface area contributed by atoms with Crippen molar-refractivity contribution in [2.75, 3.05) is 32.1 Å². The van der Waals surface area contributed by atoms with Gasteiger partial charge in [-0.2, -0.15) is 0 Å². The maximum Gasteiger partial charge on any atom is 0.279 e. The first-order chi connectivity index (χ1) is 12.6. The van der Waals surface area contributed by atoms with Gasteiger partial charge in [-0.05, 0) is 36.2 Å². The Kier molecular flexibility index (Phi) is 7.95. The molecule has 1 atom stereocenters. The highest BCUT2D eigenvalue weighted by molar-refractivity contribution is 8.14. The van der Waals surface area contributed by atoms with Crippen LogP contribution in [-0.2, 0) is 11.2 Å². The summed E-state index contributed by atoms with van der Waals surface area (Å²) in [6, 6.07) is 13.4. The van der Waals surface area contributed by atoms with E-state index >= 15 is 0 Å². The van der Waals surface area contributed by atoms with Gasteiger partial charge in [-0.15, -0.1) is 0 Å². The van der Waals surface area contributed by atoms with Gasteiger partial charge in [-0.1, -0.05) is 30.0 Å². The lowest BCUT2D eigenvalue weighted by atomic mass is 10.1. The van der Waals surface area contributed by atoms with Crippen molar-refractivity contribution in [3.8, 4) is 5.75 Å². The number of aromatic nitrogens is 1. The van der Waals surface area contributed by atoms with E-state index in [1.807, 2.05) is 54.4 Å². The van der Waals surface area contributed by atoms with E-state index in [0.29, 0.717) is 13.0 Å². The molecule has 1 heterocycles. The third-order valence-electron chi connectivity index (χ3n) is 3.71. The lowest BCUT2D eigenvalue weighted by molar-refractivity contribution is -0.107. The number of hydrogen-bond donors (Lipinski definition) is 1. The van der Waals surface area contributed by atoms with Gasteiger partial charge in [0.25, 0.3) is 5.24 Å². The topological polar surface area (TPSA) is 71.5 Å². The van der Waals surface area contributed by atoms with Crippen LogP contribution in [-0.4, -0.2) is 49.0 Å². The summed E-state index contributed by atoms with van der Waals surface area (Å²) in [6.45, 7) is 1.25. The van der Waals surface area contributed by atoms with E-state index in [-0.39, 0.29) is 5.24 Å². The number of amides is 1. The normalized spacial score (nSPS) is 11.5. The fraction of sp³-hybridized carbons (Fsp3) is 0.316. The van der Waals surface area contributed by atoms with Gasteiger partial charge in [0.1, 0.15) is 24.5 Å². The number of thioether (sulfide) groups is 1. The third kappa shape index (κ3) is 6.40. The maximum atomic E-state index is 11.4. The van der Waals surface area contributed by atoms with Gasteiger partial charge in [0.2, 0.25) is 0 Å². The second-order valence-corrected chi connectivity index (χ2v) is 6.85. The van der Waals surface area contributed by atoms with Gasteiger partial charge in [-0.3, -0.25) is 4.79 Å². The summed E-state index contributed by atoms with van der Waals surface area (Å²) in [6.07, 6.45) is 3.07. The van der Waals surface area contributed by atoms with Crippen LogP contribution in [0.3, 0.4) is 0 Å². The third-order valence-corrected chi connectivity index (χ3v) is 4.71. The number of pyridine rings is 1. The molecule has 0 saturated heterocycles. The predicted molar refractivity (Wildman–Crippen MR) is 105 cm³/mol. The smallest absolute Gasteiger partial charge is 0.279 e. The first kappa shape index (κ1) is 19.8. The molecule has 2 rings (SSSR count). The summed E-state index contributed by atoms with van der Waals surface area (Å²) in [7, 11) is 3.52. The Balaban J connectivity index is 1.79. The molecule has 1 aromatic heterocycles. The van der Waals surface area contributed by atoms with Gasteiger partial charge < -0.3 is 19.7 Å². The Labute approximate surface area is 157 Å². The van der Waals surface area contributed by atoms with Crippen molar-refractivity contribution in [3.63, 3.8) is 0 Å². The second-order valence-electron chi connectivity index (χ2n) is 5.64.